The quantitative estimate of drug-likeness (QED) is 0.788. The molecule has 1 aromatic heterocycles. The Hall–Kier alpha value is -3.14. The monoisotopic (exact) mass is 422 g/mol. The second-order valence-electron chi connectivity index (χ2n) is 7.01. The fourth-order valence-corrected chi connectivity index (χ4v) is 3.62. The number of hydrogen-bond donors (Lipinski definition) is 2. The molecule has 1 aliphatic rings. The summed E-state index contributed by atoms with van der Waals surface area (Å²) in [5.74, 6) is 0.148. The van der Waals surface area contributed by atoms with Crippen LogP contribution < -0.4 is 10.2 Å². The van der Waals surface area contributed by atoms with E-state index in [1.165, 1.54) is 26.2 Å². The second-order valence-corrected chi connectivity index (χ2v) is 7.01. The van der Waals surface area contributed by atoms with Gasteiger partial charge in [-0.1, -0.05) is 12.1 Å². The van der Waals surface area contributed by atoms with Crippen LogP contribution in [0.25, 0.3) is 11.1 Å². The number of likely N-dealkylation sites (N-methyl/N-ethyl adjacent to an activating group) is 1. The van der Waals surface area contributed by atoms with Gasteiger partial charge in [-0.25, -0.2) is 9.78 Å². The molecule has 160 valence electrons. The van der Waals surface area contributed by atoms with Crippen molar-refractivity contribution in [2.45, 2.75) is 18.8 Å². The Morgan fingerprint density at radius 2 is 1.90 bits per heavy atom. The lowest BCUT2D eigenvalue weighted by molar-refractivity contribution is -0.137. The van der Waals surface area contributed by atoms with Crippen molar-refractivity contribution in [3.05, 3.63) is 48.2 Å². The van der Waals surface area contributed by atoms with Gasteiger partial charge < -0.3 is 10.0 Å². The maximum atomic E-state index is 12.9. The Kier molecular flexibility index (Phi) is 5.71. The molecule has 10 heteroatoms. The van der Waals surface area contributed by atoms with E-state index < -0.39 is 23.5 Å². The van der Waals surface area contributed by atoms with Gasteiger partial charge in [0, 0.05) is 24.8 Å². The molecular weight excluding hydrogens is 401 g/mol. The zero-order valence-electron chi connectivity index (χ0n) is 16.4. The Balaban J connectivity index is 1.87. The van der Waals surface area contributed by atoms with Crippen molar-refractivity contribution in [3.63, 3.8) is 0 Å². The number of benzene rings is 1. The highest BCUT2D eigenvalue weighted by molar-refractivity contribution is 5.90. The molecule has 0 bridgehead atoms. The number of nitrogens with one attached hydrogen (secondary N) is 1. The lowest BCUT2D eigenvalue weighted by Crippen LogP contribution is -2.73. The minimum absolute atomic E-state index is 0.0566. The summed E-state index contributed by atoms with van der Waals surface area (Å²) >= 11 is 0. The van der Waals surface area contributed by atoms with Gasteiger partial charge in [0.2, 0.25) is 0 Å². The van der Waals surface area contributed by atoms with Crippen molar-refractivity contribution < 1.29 is 27.9 Å². The third kappa shape index (κ3) is 3.95. The first kappa shape index (κ1) is 21.6. The number of piperazine rings is 1. The number of Topliss-reactive ketones (excluding diaryl/α,β-unsaturated/α-hetero) is 1. The molecule has 1 fully saturated rings. The number of carbonyl (C=O) groups excluding carboxylic acids is 1. The molecular formula is C20H21F3N4O3. The first-order valence-electron chi connectivity index (χ1n) is 9.17. The minimum atomic E-state index is -4.43. The van der Waals surface area contributed by atoms with E-state index in [0.29, 0.717) is 23.5 Å². The Labute approximate surface area is 171 Å². The number of alkyl halides is 3. The molecule has 1 aromatic carbocycles. The zero-order valence-corrected chi connectivity index (χ0v) is 16.4. The zero-order chi connectivity index (χ0) is 22.1. The summed E-state index contributed by atoms with van der Waals surface area (Å²) in [6.45, 7) is 1.78. The third-order valence-electron chi connectivity index (χ3n) is 5.30. The van der Waals surface area contributed by atoms with Crippen molar-refractivity contribution in [1.29, 1.82) is 0 Å². The molecule has 2 heterocycles. The highest BCUT2D eigenvalue weighted by Crippen LogP contribution is 2.32. The Morgan fingerprint density at radius 1 is 1.17 bits per heavy atom. The second kappa shape index (κ2) is 7.94. The Bertz CT molecular complexity index is 949. The normalized spacial score (nSPS) is 19.6. The highest BCUT2D eigenvalue weighted by atomic mass is 19.4. The molecule has 2 N–H and O–H groups in total. The van der Waals surface area contributed by atoms with Gasteiger partial charge in [-0.05, 0) is 43.8 Å². The fourth-order valence-electron chi connectivity index (χ4n) is 3.62. The summed E-state index contributed by atoms with van der Waals surface area (Å²) in [6, 6.07) is 8.27. The maximum Gasteiger partial charge on any atom is 0.416 e. The number of ketones is 1. The van der Waals surface area contributed by atoms with Gasteiger partial charge in [0.15, 0.2) is 11.4 Å². The van der Waals surface area contributed by atoms with Crippen LogP contribution in [0.5, 0.6) is 0 Å². The van der Waals surface area contributed by atoms with Gasteiger partial charge in [0.1, 0.15) is 5.82 Å². The molecule has 1 amide bonds. The van der Waals surface area contributed by atoms with Crippen LogP contribution in [0, 0.1) is 0 Å². The van der Waals surface area contributed by atoms with Crippen molar-refractivity contribution in [2.75, 3.05) is 31.6 Å². The molecule has 1 atom stereocenters. The Morgan fingerprint density at radius 3 is 2.43 bits per heavy atom. The van der Waals surface area contributed by atoms with E-state index in [1.807, 2.05) is 0 Å². The largest absolute Gasteiger partial charge is 0.465 e. The number of carbonyl (C=O) groups is 2. The molecule has 0 saturated carbocycles. The van der Waals surface area contributed by atoms with Gasteiger partial charge >= 0.3 is 12.3 Å². The first-order valence-corrected chi connectivity index (χ1v) is 9.17. The average Bonchev–Trinajstić information content (AvgIpc) is 2.72. The van der Waals surface area contributed by atoms with Crippen LogP contribution >= 0.6 is 0 Å². The summed E-state index contributed by atoms with van der Waals surface area (Å²) in [4.78, 5) is 31.1. The van der Waals surface area contributed by atoms with Gasteiger partial charge in [0.05, 0.1) is 12.1 Å². The molecule has 2 aromatic rings. The molecule has 1 aliphatic heterocycles. The summed E-state index contributed by atoms with van der Waals surface area (Å²) in [5.41, 5.74) is -1.26. The van der Waals surface area contributed by atoms with Crippen molar-refractivity contribution >= 4 is 17.7 Å². The van der Waals surface area contributed by atoms with Crippen molar-refractivity contribution in [2.24, 2.45) is 0 Å². The highest BCUT2D eigenvalue weighted by Gasteiger charge is 2.47. The molecule has 0 radical (unpaired) electrons. The van der Waals surface area contributed by atoms with Crippen LogP contribution in [-0.2, 0) is 11.0 Å². The smallest absolute Gasteiger partial charge is 0.416 e. The van der Waals surface area contributed by atoms with E-state index in [2.05, 4.69) is 10.3 Å². The van der Waals surface area contributed by atoms with Crippen LogP contribution in [0.2, 0.25) is 0 Å². The van der Waals surface area contributed by atoms with E-state index in [1.54, 1.807) is 23.1 Å². The summed E-state index contributed by atoms with van der Waals surface area (Å²) in [7, 11) is 1.52. The van der Waals surface area contributed by atoms with Gasteiger partial charge in [-0.2, -0.15) is 13.2 Å². The average molecular weight is 422 g/mol. The number of hydrogen-bond acceptors (Lipinski definition) is 5. The van der Waals surface area contributed by atoms with Crippen LogP contribution in [0.15, 0.2) is 42.6 Å². The van der Waals surface area contributed by atoms with Crippen LogP contribution in [0.1, 0.15) is 12.5 Å². The lowest BCUT2D eigenvalue weighted by atomic mass is 9.99. The molecule has 1 saturated heterocycles. The SMILES string of the molecule is CNC1(C(C)=O)CN(c2ccc(-c3cccc(C(F)(F)F)c3)cn2)CCN1C(=O)O. The number of anilines is 1. The van der Waals surface area contributed by atoms with Gasteiger partial charge in [-0.15, -0.1) is 0 Å². The summed E-state index contributed by atoms with van der Waals surface area (Å²) in [5, 5.41) is 12.3. The number of nitrogens with zero attached hydrogens (tertiary/aromatic N) is 3. The van der Waals surface area contributed by atoms with Gasteiger partial charge in [-0.3, -0.25) is 15.0 Å². The third-order valence-corrected chi connectivity index (χ3v) is 5.30. The number of rotatable bonds is 4. The summed E-state index contributed by atoms with van der Waals surface area (Å²) < 4.78 is 38.8. The number of aromatic nitrogens is 1. The standard InChI is InChI=1S/C20H21F3N4O3/c1-13(28)19(24-2)12-26(8-9-27(19)18(29)30)17-7-6-15(11-25-17)14-4-3-5-16(10-14)20(21,22)23/h3-7,10-11,24H,8-9,12H2,1-2H3,(H,29,30). The van der Waals surface area contributed by atoms with Crippen LogP contribution in [0.3, 0.4) is 0 Å². The number of pyridine rings is 1. The van der Waals surface area contributed by atoms with E-state index in [9.17, 15) is 27.9 Å². The topological polar surface area (TPSA) is 85.8 Å². The first-order chi connectivity index (χ1) is 14.1. The number of carboxylic acid groups (broad SMARTS) is 1. The van der Waals surface area contributed by atoms with Crippen molar-refractivity contribution in [3.8, 4) is 11.1 Å². The minimum Gasteiger partial charge on any atom is -0.465 e. The van der Waals surface area contributed by atoms with Crippen LogP contribution in [-0.4, -0.2) is 59.2 Å². The molecule has 30 heavy (non-hydrogen) atoms. The van der Waals surface area contributed by atoms with Crippen molar-refractivity contribution in [1.82, 2.24) is 15.2 Å². The van der Waals surface area contributed by atoms with E-state index in [0.717, 1.165) is 17.0 Å². The van der Waals surface area contributed by atoms with Crippen LogP contribution in [0.4, 0.5) is 23.8 Å². The fraction of sp³-hybridized carbons (Fsp3) is 0.350. The lowest BCUT2D eigenvalue weighted by Gasteiger charge is -2.48. The van der Waals surface area contributed by atoms with E-state index >= 15 is 0 Å². The summed E-state index contributed by atoms with van der Waals surface area (Å²) in [6.07, 6.45) is -4.17. The van der Waals surface area contributed by atoms with Gasteiger partial charge in [0.25, 0.3) is 0 Å². The molecule has 7 nitrogen and oxygen atoms in total. The molecule has 3 rings (SSSR count). The van der Waals surface area contributed by atoms with E-state index in [4.69, 9.17) is 0 Å². The van der Waals surface area contributed by atoms with E-state index in [-0.39, 0.29) is 18.9 Å². The predicted molar refractivity (Wildman–Crippen MR) is 104 cm³/mol. The molecule has 0 spiro atoms. The number of amides is 1. The predicted octanol–water partition coefficient (Wildman–Crippen LogP) is 3.07. The number of halogens is 3. The molecule has 0 aliphatic carbocycles. The molecule has 1 unspecified atom stereocenters. The maximum absolute atomic E-state index is 12.9.